The average molecular weight is 334 g/mol. The highest BCUT2D eigenvalue weighted by molar-refractivity contribution is 7.98. The summed E-state index contributed by atoms with van der Waals surface area (Å²) < 4.78 is 2.34. The molecule has 24 heavy (non-hydrogen) atoms. The first-order valence-corrected chi connectivity index (χ1v) is 9.70. The molecule has 0 fully saturated rings. The van der Waals surface area contributed by atoms with E-state index < -0.39 is 0 Å². The van der Waals surface area contributed by atoms with Crippen molar-refractivity contribution >= 4 is 11.8 Å². The molecule has 3 heteroatoms. The van der Waals surface area contributed by atoms with Gasteiger partial charge in [0.25, 0.3) is 0 Å². The van der Waals surface area contributed by atoms with Crippen molar-refractivity contribution in [1.29, 1.82) is 0 Å². The maximum absolute atomic E-state index is 3.77. The highest BCUT2D eigenvalue weighted by Gasteiger charge is 2.23. The number of hydrogen-bond acceptors (Lipinski definition) is 2. The molecule has 1 aliphatic rings. The van der Waals surface area contributed by atoms with E-state index in [4.69, 9.17) is 0 Å². The quantitative estimate of drug-likeness (QED) is 0.682. The predicted molar refractivity (Wildman–Crippen MR) is 102 cm³/mol. The standard InChI is InChI=1S/C21H22N2S/c1-3-15-9-11-16(12-10-15)21-19-7-5-13-23(19)18-6-4-8-20(24-2)17(18)14-22-21/h4-13,21-22H,3,14H2,1-2H3. The molecular formula is C21H22N2S. The van der Waals surface area contributed by atoms with Crippen LogP contribution < -0.4 is 5.32 Å². The monoisotopic (exact) mass is 334 g/mol. The van der Waals surface area contributed by atoms with Gasteiger partial charge in [0, 0.05) is 28.9 Å². The maximum atomic E-state index is 3.77. The van der Waals surface area contributed by atoms with Crippen LogP contribution in [0, 0.1) is 0 Å². The van der Waals surface area contributed by atoms with Crippen LogP contribution in [0.2, 0.25) is 0 Å². The Morgan fingerprint density at radius 2 is 1.92 bits per heavy atom. The van der Waals surface area contributed by atoms with Crippen molar-refractivity contribution in [1.82, 2.24) is 9.88 Å². The molecule has 2 nitrogen and oxygen atoms in total. The molecule has 1 N–H and O–H groups in total. The zero-order valence-corrected chi connectivity index (χ0v) is 14.9. The van der Waals surface area contributed by atoms with Gasteiger partial charge in [0.15, 0.2) is 0 Å². The van der Waals surface area contributed by atoms with E-state index in [2.05, 4.69) is 83.9 Å². The van der Waals surface area contributed by atoms with Gasteiger partial charge >= 0.3 is 0 Å². The molecule has 1 atom stereocenters. The Balaban J connectivity index is 1.81. The van der Waals surface area contributed by atoms with Crippen LogP contribution in [0.5, 0.6) is 0 Å². The summed E-state index contributed by atoms with van der Waals surface area (Å²) in [5, 5.41) is 3.77. The van der Waals surface area contributed by atoms with Crippen molar-refractivity contribution in [2.24, 2.45) is 0 Å². The van der Waals surface area contributed by atoms with Crippen molar-refractivity contribution < 1.29 is 0 Å². The lowest BCUT2D eigenvalue weighted by molar-refractivity contribution is 0.598. The van der Waals surface area contributed by atoms with E-state index in [9.17, 15) is 0 Å². The number of rotatable bonds is 3. The van der Waals surface area contributed by atoms with Crippen LogP contribution >= 0.6 is 11.8 Å². The second-order valence-corrected chi connectivity index (χ2v) is 7.02. The number of thioether (sulfide) groups is 1. The van der Waals surface area contributed by atoms with Gasteiger partial charge in [-0.05, 0) is 48.1 Å². The van der Waals surface area contributed by atoms with Crippen LogP contribution in [-0.2, 0) is 13.0 Å². The Labute approximate surface area is 147 Å². The summed E-state index contributed by atoms with van der Waals surface area (Å²) in [7, 11) is 0. The summed E-state index contributed by atoms with van der Waals surface area (Å²) in [6.45, 7) is 3.08. The van der Waals surface area contributed by atoms with Gasteiger partial charge in [-0.1, -0.05) is 37.3 Å². The van der Waals surface area contributed by atoms with Crippen LogP contribution in [0.4, 0.5) is 0 Å². The van der Waals surface area contributed by atoms with Crippen molar-refractivity contribution in [3.05, 3.63) is 83.2 Å². The van der Waals surface area contributed by atoms with E-state index in [1.54, 1.807) is 0 Å². The molecule has 1 aromatic heterocycles. The maximum Gasteiger partial charge on any atom is 0.0737 e. The number of benzene rings is 2. The third kappa shape index (κ3) is 2.58. The Morgan fingerprint density at radius 1 is 1.08 bits per heavy atom. The number of aryl methyl sites for hydroxylation is 1. The largest absolute Gasteiger partial charge is 0.319 e. The van der Waals surface area contributed by atoms with E-state index in [0.29, 0.717) is 0 Å². The molecule has 0 aliphatic carbocycles. The molecule has 0 amide bonds. The molecule has 0 radical (unpaired) electrons. The molecule has 3 aromatic rings. The second kappa shape index (κ2) is 6.50. The van der Waals surface area contributed by atoms with Gasteiger partial charge in [0.2, 0.25) is 0 Å². The fourth-order valence-electron chi connectivity index (χ4n) is 3.54. The van der Waals surface area contributed by atoms with Crippen molar-refractivity contribution in [2.45, 2.75) is 30.8 Å². The molecule has 122 valence electrons. The lowest BCUT2D eigenvalue weighted by atomic mass is 10.0. The fraction of sp³-hybridized carbons (Fsp3) is 0.238. The molecule has 0 bridgehead atoms. The Kier molecular flexibility index (Phi) is 4.21. The summed E-state index contributed by atoms with van der Waals surface area (Å²) in [5.74, 6) is 0. The van der Waals surface area contributed by atoms with E-state index >= 15 is 0 Å². The third-order valence-electron chi connectivity index (χ3n) is 4.87. The van der Waals surface area contributed by atoms with Crippen LogP contribution in [0.25, 0.3) is 5.69 Å². The first-order chi connectivity index (χ1) is 11.8. The Bertz CT molecular complexity index is 849. The summed E-state index contributed by atoms with van der Waals surface area (Å²) in [4.78, 5) is 1.35. The van der Waals surface area contributed by atoms with E-state index in [1.807, 2.05) is 11.8 Å². The first-order valence-electron chi connectivity index (χ1n) is 8.47. The van der Waals surface area contributed by atoms with Gasteiger partial charge in [-0.15, -0.1) is 11.8 Å². The van der Waals surface area contributed by atoms with E-state index in [-0.39, 0.29) is 6.04 Å². The molecule has 0 saturated heterocycles. The van der Waals surface area contributed by atoms with Crippen LogP contribution in [0.15, 0.2) is 65.7 Å². The van der Waals surface area contributed by atoms with Gasteiger partial charge < -0.3 is 9.88 Å². The van der Waals surface area contributed by atoms with Crippen LogP contribution in [0.3, 0.4) is 0 Å². The summed E-state index contributed by atoms with van der Waals surface area (Å²) in [5.41, 5.74) is 6.69. The summed E-state index contributed by atoms with van der Waals surface area (Å²) in [6.07, 6.45) is 5.41. The molecule has 1 unspecified atom stereocenters. The number of hydrogen-bond donors (Lipinski definition) is 1. The third-order valence-corrected chi connectivity index (χ3v) is 5.69. The number of nitrogens with one attached hydrogen (secondary N) is 1. The Hall–Kier alpha value is -1.97. The molecule has 1 aliphatic heterocycles. The van der Waals surface area contributed by atoms with Gasteiger partial charge in [0.1, 0.15) is 0 Å². The van der Waals surface area contributed by atoms with Crippen molar-refractivity contribution in [2.75, 3.05) is 6.26 Å². The minimum atomic E-state index is 0.216. The van der Waals surface area contributed by atoms with Gasteiger partial charge in [-0.2, -0.15) is 0 Å². The normalized spacial score (nSPS) is 16.3. The lowest BCUT2D eigenvalue weighted by Crippen LogP contribution is -2.21. The zero-order valence-electron chi connectivity index (χ0n) is 14.1. The molecular weight excluding hydrogens is 312 g/mol. The Morgan fingerprint density at radius 3 is 2.67 bits per heavy atom. The number of nitrogens with zero attached hydrogens (tertiary/aromatic N) is 1. The molecule has 2 aromatic carbocycles. The summed E-state index contributed by atoms with van der Waals surface area (Å²) in [6, 6.07) is 20.2. The van der Waals surface area contributed by atoms with E-state index in [0.717, 1.165) is 13.0 Å². The second-order valence-electron chi connectivity index (χ2n) is 6.17. The van der Waals surface area contributed by atoms with Crippen molar-refractivity contribution in [3.8, 4) is 5.69 Å². The van der Waals surface area contributed by atoms with Gasteiger partial charge in [-0.25, -0.2) is 0 Å². The molecule has 4 rings (SSSR count). The van der Waals surface area contributed by atoms with E-state index in [1.165, 1.54) is 33.0 Å². The fourth-order valence-corrected chi connectivity index (χ4v) is 4.18. The van der Waals surface area contributed by atoms with Crippen molar-refractivity contribution in [3.63, 3.8) is 0 Å². The molecule has 0 spiro atoms. The van der Waals surface area contributed by atoms with Crippen LogP contribution in [-0.4, -0.2) is 10.8 Å². The zero-order chi connectivity index (χ0) is 16.5. The topological polar surface area (TPSA) is 17.0 Å². The average Bonchev–Trinajstić information content (AvgIpc) is 3.06. The minimum absolute atomic E-state index is 0.216. The first kappa shape index (κ1) is 15.6. The SMILES string of the molecule is CCc1ccc(C2NCc3c(SC)cccc3-n3cccc32)cc1. The highest BCUT2D eigenvalue weighted by atomic mass is 32.2. The lowest BCUT2D eigenvalue weighted by Gasteiger charge is -2.18. The predicted octanol–water partition coefficient (Wildman–Crippen LogP) is 4.95. The highest BCUT2D eigenvalue weighted by Crippen LogP contribution is 2.34. The molecule has 0 saturated carbocycles. The van der Waals surface area contributed by atoms with Crippen LogP contribution in [0.1, 0.15) is 35.3 Å². The number of fused-ring (bicyclic) bond motifs is 3. The van der Waals surface area contributed by atoms with Gasteiger partial charge in [-0.3, -0.25) is 0 Å². The van der Waals surface area contributed by atoms with Gasteiger partial charge in [0.05, 0.1) is 11.7 Å². The molecule has 2 heterocycles. The summed E-state index contributed by atoms with van der Waals surface area (Å²) >= 11 is 1.82. The number of aromatic nitrogens is 1. The smallest absolute Gasteiger partial charge is 0.0737 e. The minimum Gasteiger partial charge on any atom is -0.319 e.